The van der Waals surface area contributed by atoms with E-state index in [1.54, 1.807) is 6.92 Å². The summed E-state index contributed by atoms with van der Waals surface area (Å²) in [6.45, 7) is 6.47. The Hall–Kier alpha value is -1.12. The van der Waals surface area contributed by atoms with Gasteiger partial charge in [-0.25, -0.2) is 0 Å². The van der Waals surface area contributed by atoms with E-state index in [2.05, 4.69) is 13.8 Å². The quantitative estimate of drug-likeness (QED) is 0.723. The minimum Gasteiger partial charge on any atom is -0.466 e. The SMILES string of the molecule is CCOC(=O)CC1CC2=C(C1=O)C(C)(C)CCC2. The van der Waals surface area contributed by atoms with Crippen LogP contribution in [0.25, 0.3) is 0 Å². The first-order valence-electron chi connectivity index (χ1n) is 6.88. The van der Waals surface area contributed by atoms with E-state index in [0.29, 0.717) is 6.61 Å². The molecule has 0 radical (unpaired) electrons. The fraction of sp³-hybridized carbons (Fsp3) is 0.733. The fourth-order valence-corrected chi connectivity index (χ4v) is 3.36. The van der Waals surface area contributed by atoms with Crippen molar-refractivity contribution in [3.63, 3.8) is 0 Å². The molecule has 0 fully saturated rings. The standard InChI is InChI=1S/C15H22O3/c1-4-18-12(16)9-11-8-10-6-5-7-15(2,3)13(10)14(11)17/h11H,4-9H2,1-3H3. The van der Waals surface area contributed by atoms with Gasteiger partial charge in [-0.05, 0) is 38.0 Å². The highest BCUT2D eigenvalue weighted by Gasteiger charge is 2.42. The van der Waals surface area contributed by atoms with Crippen LogP contribution in [0.1, 0.15) is 52.9 Å². The fourth-order valence-electron chi connectivity index (χ4n) is 3.36. The van der Waals surface area contributed by atoms with Crippen LogP contribution in [0.5, 0.6) is 0 Å². The minimum atomic E-state index is -0.242. The second kappa shape index (κ2) is 4.87. The lowest BCUT2D eigenvalue weighted by Crippen LogP contribution is -2.25. The molecule has 0 heterocycles. The average Bonchev–Trinajstić information content (AvgIpc) is 2.56. The molecule has 3 heteroatoms. The van der Waals surface area contributed by atoms with Gasteiger partial charge in [0.25, 0.3) is 0 Å². The van der Waals surface area contributed by atoms with Crippen LogP contribution in [0.3, 0.4) is 0 Å². The molecule has 100 valence electrons. The number of rotatable bonds is 3. The lowest BCUT2D eigenvalue weighted by Gasteiger charge is -2.31. The Kier molecular flexibility index (Phi) is 3.60. The minimum absolute atomic E-state index is 0.00588. The third kappa shape index (κ3) is 2.36. The predicted octanol–water partition coefficient (Wildman–Crippen LogP) is 3.04. The summed E-state index contributed by atoms with van der Waals surface area (Å²) in [6, 6.07) is 0. The number of ketones is 1. The number of hydrogen-bond donors (Lipinski definition) is 0. The van der Waals surface area contributed by atoms with E-state index < -0.39 is 0 Å². The van der Waals surface area contributed by atoms with Crippen LogP contribution < -0.4 is 0 Å². The molecular weight excluding hydrogens is 228 g/mol. The maximum Gasteiger partial charge on any atom is 0.306 e. The molecule has 0 amide bonds. The Morgan fingerprint density at radius 2 is 2.17 bits per heavy atom. The average molecular weight is 250 g/mol. The van der Waals surface area contributed by atoms with E-state index in [-0.39, 0.29) is 29.5 Å². The van der Waals surface area contributed by atoms with Gasteiger partial charge in [-0.2, -0.15) is 0 Å². The molecule has 2 aliphatic carbocycles. The van der Waals surface area contributed by atoms with Crippen molar-refractivity contribution < 1.29 is 14.3 Å². The van der Waals surface area contributed by atoms with Crippen molar-refractivity contribution in [1.82, 2.24) is 0 Å². The number of ether oxygens (including phenoxy) is 1. The summed E-state index contributed by atoms with van der Waals surface area (Å²) in [4.78, 5) is 23.9. The lowest BCUT2D eigenvalue weighted by atomic mass is 9.73. The van der Waals surface area contributed by atoms with Crippen LogP contribution in [-0.2, 0) is 14.3 Å². The van der Waals surface area contributed by atoms with Crippen LogP contribution in [0.4, 0.5) is 0 Å². The van der Waals surface area contributed by atoms with E-state index in [1.165, 1.54) is 5.57 Å². The van der Waals surface area contributed by atoms with E-state index in [1.807, 2.05) is 0 Å². The monoisotopic (exact) mass is 250 g/mol. The van der Waals surface area contributed by atoms with Gasteiger partial charge in [0.15, 0.2) is 5.78 Å². The molecule has 0 N–H and O–H groups in total. The molecule has 1 unspecified atom stereocenters. The summed E-state index contributed by atoms with van der Waals surface area (Å²) < 4.78 is 4.95. The molecule has 0 saturated heterocycles. The van der Waals surface area contributed by atoms with Gasteiger partial charge in [0.05, 0.1) is 13.0 Å². The topological polar surface area (TPSA) is 43.4 Å². The Morgan fingerprint density at radius 3 is 2.78 bits per heavy atom. The number of hydrogen-bond acceptors (Lipinski definition) is 3. The van der Waals surface area contributed by atoms with Crippen LogP contribution in [-0.4, -0.2) is 18.4 Å². The van der Waals surface area contributed by atoms with Crippen molar-refractivity contribution in [2.24, 2.45) is 11.3 Å². The normalized spacial score (nSPS) is 26.2. The summed E-state index contributed by atoms with van der Waals surface area (Å²) in [7, 11) is 0. The molecule has 0 aromatic heterocycles. The second-order valence-electron chi connectivity index (χ2n) is 5.99. The van der Waals surface area contributed by atoms with Gasteiger partial charge in [0.1, 0.15) is 0 Å². The van der Waals surface area contributed by atoms with Crippen molar-refractivity contribution in [3.05, 3.63) is 11.1 Å². The third-order valence-electron chi connectivity index (χ3n) is 4.14. The molecular formula is C15H22O3. The molecule has 2 rings (SSSR count). The van der Waals surface area contributed by atoms with E-state index in [9.17, 15) is 9.59 Å². The highest BCUT2D eigenvalue weighted by Crippen LogP contribution is 2.48. The van der Waals surface area contributed by atoms with E-state index in [4.69, 9.17) is 4.74 Å². The first-order chi connectivity index (χ1) is 8.45. The van der Waals surface area contributed by atoms with Crippen LogP contribution in [0, 0.1) is 11.3 Å². The molecule has 0 saturated carbocycles. The zero-order chi connectivity index (χ0) is 13.3. The van der Waals surface area contributed by atoms with E-state index in [0.717, 1.165) is 31.3 Å². The number of esters is 1. The van der Waals surface area contributed by atoms with Gasteiger partial charge in [0.2, 0.25) is 0 Å². The molecule has 1 atom stereocenters. The van der Waals surface area contributed by atoms with Crippen molar-refractivity contribution in [2.45, 2.75) is 52.9 Å². The smallest absolute Gasteiger partial charge is 0.306 e. The Morgan fingerprint density at radius 1 is 1.44 bits per heavy atom. The number of Topliss-reactive ketones (excluding diaryl/α,β-unsaturated/α-hetero) is 1. The van der Waals surface area contributed by atoms with Gasteiger partial charge >= 0.3 is 5.97 Å². The van der Waals surface area contributed by atoms with Crippen molar-refractivity contribution in [1.29, 1.82) is 0 Å². The number of carbonyl (C=O) groups excluding carboxylic acids is 2. The molecule has 18 heavy (non-hydrogen) atoms. The van der Waals surface area contributed by atoms with E-state index >= 15 is 0 Å². The van der Waals surface area contributed by atoms with Gasteiger partial charge < -0.3 is 4.74 Å². The highest BCUT2D eigenvalue weighted by atomic mass is 16.5. The molecule has 0 spiro atoms. The summed E-state index contributed by atoms with van der Waals surface area (Å²) in [5.74, 6) is -0.206. The molecule has 2 aliphatic rings. The molecule has 0 aromatic carbocycles. The summed E-state index contributed by atoms with van der Waals surface area (Å²) in [6.07, 6.45) is 4.28. The largest absolute Gasteiger partial charge is 0.466 e. The number of carbonyl (C=O) groups is 2. The zero-order valence-electron chi connectivity index (χ0n) is 11.5. The number of allylic oxidation sites excluding steroid dienone is 2. The molecule has 0 aromatic rings. The third-order valence-corrected chi connectivity index (χ3v) is 4.14. The molecule has 0 aliphatic heterocycles. The predicted molar refractivity (Wildman–Crippen MR) is 69.0 cm³/mol. The van der Waals surface area contributed by atoms with Crippen LogP contribution >= 0.6 is 0 Å². The molecule has 0 bridgehead atoms. The Labute approximate surface area is 109 Å². The maximum atomic E-state index is 12.4. The summed E-state index contributed by atoms with van der Waals surface area (Å²) >= 11 is 0. The van der Waals surface area contributed by atoms with Crippen molar-refractivity contribution in [2.75, 3.05) is 6.61 Å². The van der Waals surface area contributed by atoms with Crippen LogP contribution in [0.2, 0.25) is 0 Å². The van der Waals surface area contributed by atoms with Crippen LogP contribution in [0.15, 0.2) is 11.1 Å². The first kappa shape index (κ1) is 13.3. The summed E-state index contributed by atoms with van der Waals surface area (Å²) in [5.41, 5.74) is 2.31. The first-order valence-corrected chi connectivity index (χ1v) is 6.88. The Bertz CT molecular complexity index is 404. The van der Waals surface area contributed by atoms with Crippen molar-refractivity contribution >= 4 is 11.8 Å². The van der Waals surface area contributed by atoms with Gasteiger partial charge in [-0.1, -0.05) is 19.4 Å². The van der Waals surface area contributed by atoms with Gasteiger partial charge in [0, 0.05) is 11.5 Å². The molecule has 3 nitrogen and oxygen atoms in total. The zero-order valence-corrected chi connectivity index (χ0v) is 11.5. The maximum absolute atomic E-state index is 12.4. The second-order valence-corrected chi connectivity index (χ2v) is 5.99. The van der Waals surface area contributed by atoms with Crippen molar-refractivity contribution in [3.8, 4) is 0 Å². The summed E-state index contributed by atoms with van der Waals surface area (Å²) in [5, 5.41) is 0. The lowest BCUT2D eigenvalue weighted by molar-refractivity contribution is -0.145. The van der Waals surface area contributed by atoms with Gasteiger partial charge in [-0.3, -0.25) is 9.59 Å². The van der Waals surface area contributed by atoms with Gasteiger partial charge in [-0.15, -0.1) is 0 Å². The highest BCUT2D eigenvalue weighted by molar-refractivity contribution is 6.03. The Balaban J connectivity index is 2.10.